The largest absolute Gasteiger partial charge is 0.485 e. The van der Waals surface area contributed by atoms with Crippen molar-refractivity contribution in [3.05, 3.63) is 63.4 Å². The molecule has 1 aromatic heterocycles. The molecule has 0 fully saturated rings. The van der Waals surface area contributed by atoms with Gasteiger partial charge in [-0.25, -0.2) is 0 Å². The smallest absolute Gasteiger partial charge is 0.259 e. The summed E-state index contributed by atoms with van der Waals surface area (Å²) in [4.78, 5) is 4.25. The van der Waals surface area contributed by atoms with Crippen molar-refractivity contribution < 1.29 is 9.26 Å². The minimum absolute atomic E-state index is 0.162. The fourth-order valence-electron chi connectivity index (χ4n) is 1.79. The lowest BCUT2D eigenvalue weighted by Crippen LogP contribution is -1.97. The SMILES string of the molecule is Clc1cccc(OCc2noc(-c3ccc(Cl)cc3Cl)n2)c1. The summed E-state index contributed by atoms with van der Waals surface area (Å²) in [5.74, 6) is 1.34. The summed E-state index contributed by atoms with van der Waals surface area (Å²) in [7, 11) is 0. The van der Waals surface area contributed by atoms with E-state index in [2.05, 4.69) is 10.1 Å². The van der Waals surface area contributed by atoms with Crippen LogP contribution in [0, 0.1) is 0 Å². The Kier molecular flexibility index (Phi) is 4.52. The van der Waals surface area contributed by atoms with E-state index in [9.17, 15) is 0 Å². The third-order valence-electron chi connectivity index (χ3n) is 2.79. The third kappa shape index (κ3) is 3.53. The summed E-state index contributed by atoms with van der Waals surface area (Å²) in [6, 6.07) is 12.1. The number of hydrogen-bond donors (Lipinski definition) is 0. The normalized spacial score (nSPS) is 10.7. The quantitative estimate of drug-likeness (QED) is 0.639. The summed E-state index contributed by atoms with van der Waals surface area (Å²) >= 11 is 17.8. The topological polar surface area (TPSA) is 48.2 Å². The lowest BCUT2D eigenvalue weighted by atomic mass is 10.2. The molecule has 0 amide bonds. The van der Waals surface area contributed by atoms with E-state index < -0.39 is 0 Å². The van der Waals surface area contributed by atoms with Crippen LogP contribution >= 0.6 is 34.8 Å². The van der Waals surface area contributed by atoms with Crippen LogP contribution in [-0.4, -0.2) is 10.1 Å². The molecule has 0 N–H and O–H groups in total. The zero-order valence-electron chi connectivity index (χ0n) is 11.1. The Hall–Kier alpha value is -1.75. The van der Waals surface area contributed by atoms with Gasteiger partial charge in [0.05, 0.1) is 10.6 Å². The van der Waals surface area contributed by atoms with Crippen LogP contribution < -0.4 is 4.74 Å². The molecule has 2 aromatic carbocycles. The van der Waals surface area contributed by atoms with Crippen LogP contribution in [0.2, 0.25) is 15.1 Å². The van der Waals surface area contributed by atoms with Gasteiger partial charge in [-0.2, -0.15) is 4.98 Å². The predicted octanol–water partition coefficient (Wildman–Crippen LogP) is 5.28. The molecule has 22 heavy (non-hydrogen) atoms. The van der Waals surface area contributed by atoms with Gasteiger partial charge in [-0.15, -0.1) is 0 Å². The van der Waals surface area contributed by atoms with Gasteiger partial charge in [0.2, 0.25) is 5.82 Å². The Labute approximate surface area is 141 Å². The summed E-state index contributed by atoms with van der Waals surface area (Å²) in [6.07, 6.45) is 0. The Balaban J connectivity index is 1.73. The maximum absolute atomic E-state index is 6.11. The van der Waals surface area contributed by atoms with Crippen molar-refractivity contribution >= 4 is 34.8 Å². The molecule has 1 heterocycles. The van der Waals surface area contributed by atoms with E-state index in [1.54, 1.807) is 42.5 Å². The van der Waals surface area contributed by atoms with Crippen LogP contribution in [0.1, 0.15) is 5.82 Å². The van der Waals surface area contributed by atoms with Crippen molar-refractivity contribution in [1.29, 1.82) is 0 Å². The molecule has 4 nitrogen and oxygen atoms in total. The number of nitrogens with zero attached hydrogens (tertiary/aromatic N) is 2. The Morgan fingerprint density at radius 1 is 1.00 bits per heavy atom. The molecule has 3 rings (SSSR count). The average Bonchev–Trinajstić information content (AvgIpc) is 2.94. The first-order chi connectivity index (χ1) is 10.6. The fraction of sp³-hybridized carbons (Fsp3) is 0.0667. The molecular formula is C15H9Cl3N2O2. The zero-order chi connectivity index (χ0) is 15.5. The molecule has 0 bridgehead atoms. The van der Waals surface area contributed by atoms with Crippen molar-refractivity contribution in [2.45, 2.75) is 6.61 Å². The highest BCUT2D eigenvalue weighted by molar-refractivity contribution is 6.36. The lowest BCUT2D eigenvalue weighted by molar-refractivity contribution is 0.287. The predicted molar refractivity (Wildman–Crippen MR) is 85.5 cm³/mol. The van der Waals surface area contributed by atoms with E-state index in [-0.39, 0.29) is 6.61 Å². The number of aromatic nitrogens is 2. The van der Waals surface area contributed by atoms with Gasteiger partial charge in [0.25, 0.3) is 5.89 Å². The van der Waals surface area contributed by atoms with Crippen LogP contribution in [0.15, 0.2) is 47.0 Å². The van der Waals surface area contributed by atoms with Crippen LogP contribution in [0.5, 0.6) is 5.75 Å². The lowest BCUT2D eigenvalue weighted by Gasteiger charge is -2.02. The first-order valence-corrected chi connectivity index (χ1v) is 7.41. The Morgan fingerprint density at radius 2 is 1.82 bits per heavy atom. The van der Waals surface area contributed by atoms with Crippen molar-refractivity contribution in [3.63, 3.8) is 0 Å². The van der Waals surface area contributed by atoms with Crippen LogP contribution in [0.4, 0.5) is 0 Å². The van der Waals surface area contributed by atoms with Gasteiger partial charge < -0.3 is 9.26 Å². The second kappa shape index (κ2) is 6.57. The van der Waals surface area contributed by atoms with Gasteiger partial charge in [-0.1, -0.05) is 46.0 Å². The third-order valence-corrected chi connectivity index (χ3v) is 3.58. The van der Waals surface area contributed by atoms with Gasteiger partial charge >= 0.3 is 0 Å². The Morgan fingerprint density at radius 3 is 2.59 bits per heavy atom. The zero-order valence-corrected chi connectivity index (χ0v) is 13.4. The Bertz CT molecular complexity index is 805. The number of benzene rings is 2. The summed E-state index contributed by atoms with van der Waals surface area (Å²) < 4.78 is 10.7. The molecule has 112 valence electrons. The van der Waals surface area contributed by atoms with Crippen molar-refractivity contribution in [2.75, 3.05) is 0 Å². The summed E-state index contributed by atoms with van der Waals surface area (Å²) in [5.41, 5.74) is 0.618. The molecule has 3 aromatic rings. The molecule has 0 unspecified atom stereocenters. The maximum Gasteiger partial charge on any atom is 0.259 e. The van der Waals surface area contributed by atoms with Gasteiger partial charge in [-0.3, -0.25) is 0 Å². The number of hydrogen-bond acceptors (Lipinski definition) is 4. The van der Waals surface area contributed by atoms with E-state index in [1.807, 2.05) is 0 Å². The van der Waals surface area contributed by atoms with Crippen molar-refractivity contribution in [3.8, 4) is 17.2 Å². The van der Waals surface area contributed by atoms with E-state index in [0.717, 1.165) is 0 Å². The maximum atomic E-state index is 6.11. The van der Waals surface area contributed by atoms with E-state index >= 15 is 0 Å². The van der Waals surface area contributed by atoms with Crippen molar-refractivity contribution in [2.24, 2.45) is 0 Å². The molecule has 0 aliphatic rings. The monoisotopic (exact) mass is 354 g/mol. The van der Waals surface area contributed by atoms with Gasteiger partial charge in [0.1, 0.15) is 5.75 Å². The molecule has 0 aliphatic carbocycles. The summed E-state index contributed by atoms with van der Waals surface area (Å²) in [5, 5.41) is 5.44. The van der Waals surface area contributed by atoms with E-state index in [0.29, 0.717) is 38.1 Å². The minimum Gasteiger partial charge on any atom is -0.485 e. The van der Waals surface area contributed by atoms with Gasteiger partial charge in [0, 0.05) is 10.0 Å². The molecule has 0 radical (unpaired) electrons. The molecule has 0 saturated carbocycles. The fourth-order valence-corrected chi connectivity index (χ4v) is 2.46. The highest BCUT2D eigenvalue weighted by Gasteiger charge is 2.13. The number of halogens is 3. The molecule has 0 spiro atoms. The standard InChI is InChI=1S/C15H9Cl3N2O2/c16-9-2-1-3-11(6-9)21-8-14-19-15(22-20-14)12-5-4-10(17)7-13(12)18/h1-7H,8H2. The average molecular weight is 356 g/mol. The minimum atomic E-state index is 0.162. The van der Waals surface area contributed by atoms with E-state index in [4.69, 9.17) is 44.1 Å². The molecule has 0 atom stereocenters. The van der Waals surface area contributed by atoms with E-state index in [1.165, 1.54) is 0 Å². The van der Waals surface area contributed by atoms with Crippen LogP contribution in [0.3, 0.4) is 0 Å². The molecule has 0 saturated heterocycles. The van der Waals surface area contributed by atoms with Crippen molar-refractivity contribution in [1.82, 2.24) is 10.1 Å². The number of rotatable bonds is 4. The van der Waals surface area contributed by atoms with Crippen LogP contribution in [-0.2, 0) is 6.61 Å². The first-order valence-electron chi connectivity index (χ1n) is 6.28. The molecule has 0 aliphatic heterocycles. The van der Waals surface area contributed by atoms with Gasteiger partial charge in [-0.05, 0) is 36.4 Å². The van der Waals surface area contributed by atoms with Gasteiger partial charge in [0.15, 0.2) is 6.61 Å². The highest BCUT2D eigenvalue weighted by Crippen LogP contribution is 2.29. The highest BCUT2D eigenvalue weighted by atomic mass is 35.5. The second-order valence-electron chi connectivity index (χ2n) is 4.39. The number of ether oxygens (including phenoxy) is 1. The first kappa shape index (κ1) is 15.2. The second-order valence-corrected chi connectivity index (χ2v) is 5.67. The van der Waals surface area contributed by atoms with Crippen LogP contribution in [0.25, 0.3) is 11.5 Å². The molecular weight excluding hydrogens is 347 g/mol. The molecule has 7 heteroatoms. The summed E-state index contributed by atoms with van der Waals surface area (Å²) in [6.45, 7) is 0.162.